The van der Waals surface area contributed by atoms with Gasteiger partial charge in [0.15, 0.2) is 0 Å². The standard InChI is InChI=1S/C13H16BrNO/c1-7(2)12-10-5-9(14)4-8(3)13(10)16-11(12)6-15/h4-5,7H,6,15H2,1-3H3. The van der Waals surface area contributed by atoms with Crippen molar-refractivity contribution in [2.45, 2.75) is 33.2 Å². The van der Waals surface area contributed by atoms with E-state index in [-0.39, 0.29) is 0 Å². The molecule has 0 saturated carbocycles. The lowest BCUT2D eigenvalue weighted by molar-refractivity contribution is 0.540. The molecule has 2 N–H and O–H groups in total. The van der Waals surface area contributed by atoms with Gasteiger partial charge in [-0.25, -0.2) is 0 Å². The monoisotopic (exact) mass is 281 g/mol. The molecule has 0 fully saturated rings. The Morgan fingerprint density at radius 2 is 2.06 bits per heavy atom. The summed E-state index contributed by atoms with van der Waals surface area (Å²) in [5, 5.41) is 1.18. The van der Waals surface area contributed by atoms with Crippen LogP contribution in [0, 0.1) is 6.92 Å². The maximum Gasteiger partial charge on any atom is 0.137 e. The second-order valence-corrected chi connectivity index (χ2v) is 5.31. The summed E-state index contributed by atoms with van der Waals surface area (Å²) in [5.41, 5.74) is 9.08. The van der Waals surface area contributed by atoms with E-state index in [0.29, 0.717) is 12.5 Å². The second kappa shape index (κ2) is 4.22. The lowest BCUT2D eigenvalue weighted by atomic mass is 9.98. The fraction of sp³-hybridized carbons (Fsp3) is 0.385. The first-order chi connectivity index (χ1) is 7.54. The molecule has 1 aromatic carbocycles. The third-order valence-corrected chi connectivity index (χ3v) is 3.28. The molecule has 0 unspecified atom stereocenters. The molecule has 0 saturated heterocycles. The number of benzene rings is 1. The van der Waals surface area contributed by atoms with Gasteiger partial charge in [0.05, 0.1) is 6.54 Å². The summed E-state index contributed by atoms with van der Waals surface area (Å²) in [5.74, 6) is 1.33. The van der Waals surface area contributed by atoms with E-state index in [1.165, 1.54) is 10.9 Å². The quantitative estimate of drug-likeness (QED) is 0.901. The Hall–Kier alpha value is -0.800. The minimum atomic E-state index is 0.425. The van der Waals surface area contributed by atoms with Gasteiger partial charge in [-0.1, -0.05) is 29.8 Å². The average Bonchev–Trinajstić information content (AvgIpc) is 2.56. The van der Waals surface area contributed by atoms with E-state index in [2.05, 4.69) is 48.8 Å². The van der Waals surface area contributed by atoms with Crippen LogP contribution in [-0.4, -0.2) is 0 Å². The van der Waals surface area contributed by atoms with E-state index in [4.69, 9.17) is 10.2 Å². The Kier molecular flexibility index (Phi) is 3.08. The van der Waals surface area contributed by atoms with Crippen LogP contribution in [0.5, 0.6) is 0 Å². The Labute approximate surface area is 104 Å². The van der Waals surface area contributed by atoms with Crippen molar-refractivity contribution in [2.24, 2.45) is 5.73 Å². The number of rotatable bonds is 2. The van der Waals surface area contributed by atoms with Crippen molar-refractivity contribution in [3.05, 3.63) is 33.5 Å². The van der Waals surface area contributed by atoms with Crippen molar-refractivity contribution in [1.29, 1.82) is 0 Å². The van der Waals surface area contributed by atoms with E-state index in [9.17, 15) is 0 Å². The molecule has 3 heteroatoms. The van der Waals surface area contributed by atoms with E-state index >= 15 is 0 Å². The average molecular weight is 282 g/mol. The molecule has 86 valence electrons. The van der Waals surface area contributed by atoms with Crippen LogP contribution in [0.1, 0.15) is 36.7 Å². The summed E-state index contributed by atoms with van der Waals surface area (Å²) in [6.07, 6.45) is 0. The predicted molar refractivity (Wildman–Crippen MR) is 70.6 cm³/mol. The van der Waals surface area contributed by atoms with Gasteiger partial charge in [0.1, 0.15) is 11.3 Å². The van der Waals surface area contributed by atoms with Crippen LogP contribution in [0.4, 0.5) is 0 Å². The smallest absolute Gasteiger partial charge is 0.137 e. The molecule has 1 heterocycles. The third-order valence-electron chi connectivity index (χ3n) is 2.82. The number of fused-ring (bicyclic) bond motifs is 1. The summed E-state index contributed by atoms with van der Waals surface area (Å²) >= 11 is 3.52. The van der Waals surface area contributed by atoms with Crippen molar-refractivity contribution in [3.63, 3.8) is 0 Å². The molecule has 0 aliphatic rings. The molecule has 0 spiro atoms. The van der Waals surface area contributed by atoms with Gasteiger partial charge in [-0.15, -0.1) is 0 Å². The van der Waals surface area contributed by atoms with Crippen molar-refractivity contribution < 1.29 is 4.42 Å². The lowest BCUT2D eigenvalue weighted by Gasteiger charge is -2.04. The fourth-order valence-corrected chi connectivity index (χ4v) is 2.75. The summed E-state index contributed by atoms with van der Waals surface area (Å²) < 4.78 is 6.94. The van der Waals surface area contributed by atoms with Gasteiger partial charge in [-0.05, 0) is 30.5 Å². The summed E-state index contributed by atoms with van der Waals surface area (Å²) in [7, 11) is 0. The molecule has 0 bridgehead atoms. The predicted octanol–water partition coefficient (Wildman–Crippen LogP) is 4.09. The van der Waals surface area contributed by atoms with Crippen LogP contribution in [0.2, 0.25) is 0 Å². The van der Waals surface area contributed by atoms with Gasteiger partial charge in [0.25, 0.3) is 0 Å². The zero-order chi connectivity index (χ0) is 11.9. The molecular weight excluding hydrogens is 266 g/mol. The molecule has 0 amide bonds. The maximum atomic E-state index is 5.85. The summed E-state index contributed by atoms with van der Waals surface area (Å²) in [4.78, 5) is 0. The van der Waals surface area contributed by atoms with Gasteiger partial charge >= 0.3 is 0 Å². The highest BCUT2D eigenvalue weighted by Gasteiger charge is 2.17. The Bertz CT molecular complexity index is 528. The van der Waals surface area contributed by atoms with Crippen LogP contribution >= 0.6 is 15.9 Å². The zero-order valence-corrected chi connectivity index (χ0v) is 11.4. The zero-order valence-electron chi connectivity index (χ0n) is 9.80. The summed E-state index contributed by atoms with van der Waals surface area (Å²) in [6.45, 7) is 6.85. The van der Waals surface area contributed by atoms with Crippen LogP contribution in [0.25, 0.3) is 11.0 Å². The molecule has 0 aliphatic carbocycles. The maximum absolute atomic E-state index is 5.85. The lowest BCUT2D eigenvalue weighted by Crippen LogP contribution is -1.99. The molecule has 16 heavy (non-hydrogen) atoms. The molecule has 2 aromatic rings. The topological polar surface area (TPSA) is 39.2 Å². The first-order valence-electron chi connectivity index (χ1n) is 5.46. The van der Waals surface area contributed by atoms with Crippen molar-refractivity contribution >= 4 is 26.9 Å². The SMILES string of the molecule is Cc1cc(Br)cc2c(C(C)C)c(CN)oc12. The molecule has 1 aromatic heterocycles. The third kappa shape index (κ3) is 1.78. The fourth-order valence-electron chi connectivity index (χ4n) is 2.18. The minimum Gasteiger partial charge on any atom is -0.459 e. The van der Waals surface area contributed by atoms with E-state index in [0.717, 1.165) is 21.4 Å². The van der Waals surface area contributed by atoms with Gasteiger partial charge in [0, 0.05) is 15.4 Å². The largest absolute Gasteiger partial charge is 0.459 e. The number of nitrogens with two attached hydrogens (primary N) is 1. The highest BCUT2D eigenvalue weighted by atomic mass is 79.9. The number of hydrogen-bond donors (Lipinski definition) is 1. The normalized spacial score (nSPS) is 11.6. The molecular formula is C13H16BrNO. The van der Waals surface area contributed by atoms with Gasteiger partial charge in [0.2, 0.25) is 0 Å². The molecule has 0 aliphatic heterocycles. The van der Waals surface area contributed by atoms with Crippen LogP contribution in [0.3, 0.4) is 0 Å². The number of aryl methyl sites for hydroxylation is 1. The van der Waals surface area contributed by atoms with Crippen LogP contribution in [-0.2, 0) is 6.54 Å². The highest BCUT2D eigenvalue weighted by Crippen LogP contribution is 2.35. The van der Waals surface area contributed by atoms with Crippen molar-refractivity contribution in [1.82, 2.24) is 0 Å². The first-order valence-corrected chi connectivity index (χ1v) is 6.25. The minimum absolute atomic E-state index is 0.425. The van der Waals surface area contributed by atoms with Crippen molar-refractivity contribution in [2.75, 3.05) is 0 Å². The molecule has 0 atom stereocenters. The highest BCUT2D eigenvalue weighted by molar-refractivity contribution is 9.10. The number of hydrogen-bond acceptors (Lipinski definition) is 2. The Morgan fingerprint density at radius 1 is 1.38 bits per heavy atom. The summed E-state index contributed by atoms with van der Waals surface area (Å²) in [6, 6.07) is 4.18. The van der Waals surface area contributed by atoms with Crippen LogP contribution < -0.4 is 5.73 Å². The van der Waals surface area contributed by atoms with Crippen LogP contribution in [0.15, 0.2) is 21.0 Å². The first kappa shape index (κ1) is 11.7. The van der Waals surface area contributed by atoms with Crippen molar-refractivity contribution in [3.8, 4) is 0 Å². The Balaban J connectivity index is 2.84. The van der Waals surface area contributed by atoms with E-state index in [1.54, 1.807) is 0 Å². The number of furan rings is 1. The number of halogens is 1. The molecule has 2 nitrogen and oxygen atoms in total. The Morgan fingerprint density at radius 3 is 2.62 bits per heavy atom. The molecule has 2 rings (SSSR count). The van der Waals surface area contributed by atoms with E-state index in [1.807, 2.05) is 0 Å². The second-order valence-electron chi connectivity index (χ2n) is 4.40. The van der Waals surface area contributed by atoms with Gasteiger partial charge in [-0.2, -0.15) is 0 Å². The van der Waals surface area contributed by atoms with Gasteiger partial charge in [-0.3, -0.25) is 0 Å². The van der Waals surface area contributed by atoms with E-state index < -0.39 is 0 Å². The van der Waals surface area contributed by atoms with Gasteiger partial charge < -0.3 is 10.2 Å². The molecule has 0 radical (unpaired) electrons.